The fourth-order valence-corrected chi connectivity index (χ4v) is 3.95. The molecule has 6 heteroatoms. The Labute approximate surface area is 201 Å². The predicted molar refractivity (Wildman–Crippen MR) is 131 cm³/mol. The fourth-order valence-electron chi connectivity index (χ4n) is 3.95. The molecule has 2 aromatic rings. The van der Waals surface area contributed by atoms with Crippen LogP contribution in [0.15, 0.2) is 66.9 Å². The van der Waals surface area contributed by atoms with Gasteiger partial charge in [0.15, 0.2) is 0 Å². The van der Waals surface area contributed by atoms with E-state index >= 15 is 0 Å². The van der Waals surface area contributed by atoms with Crippen LogP contribution in [-0.2, 0) is 19.1 Å². The molecule has 0 unspecified atom stereocenters. The first-order chi connectivity index (χ1) is 15.9. The van der Waals surface area contributed by atoms with Crippen molar-refractivity contribution in [2.45, 2.75) is 65.2 Å². The Hall–Kier alpha value is -3.41. The van der Waals surface area contributed by atoms with Gasteiger partial charge in [-0.2, -0.15) is 0 Å². The van der Waals surface area contributed by atoms with Gasteiger partial charge in [-0.25, -0.2) is 4.79 Å². The van der Waals surface area contributed by atoms with Crippen molar-refractivity contribution in [1.29, 1.82) is 0 Å². The van der Waals surface area contributed by atoms with E-state index < -0.39 is 35.1 Å². The molecule has 1 heterocycles. The third-order valence-electron chi connectivity index (χ3n) is 5.18. The molecular formula is C28H33NO5. The molecule has 0 fully saturated rings. The quantitative estimate of drug-likeness (QED) is 0.567. The maximum absolute atomic E-state index is 13.5. The van der Waals surface area contributed by atoms with Gasteiger partial charge in [-0.3, -0.25) is 14.5 Å². The standard InChI is InChI=1S/C28H33NO5/c1-27(2,3)33-23(30)17-21-22(19-13-9-7-10-14-19)18-29(24(21)26(32)34-28(4,5)6)25(31)20-15-11-8-12-16-20/h7-16,18,21,24H,17H2,1-6H3/t21-,24-/m0/s1. The van der Waals surface area contributed by atoms with Crippen LogP contribution in [0.5, 0.6) is 0 Å². The van der Waals surface area contributed by atoms with E-state index in [1.165, 1.54) is 4.90 Å². The molecule has 6 nitrogen and oxygen atoms in total. The summed E-state index contributed by atoms with van der Waals surface area (Å²) in [5, 5.41) is 0. The Bertz CT molecular complexity index is 1060. The number of benzene rings is 2. The minimum atomic E-state index is -1.00. The molecule has 3 rings (SSSR count). The highest BCUT2D eigenvalue weighted by molar-refractivity contribution is 6.01. The number of amides is 1. The summed E-state index contributed by atoms with van der Waals surface area (Å²) < 4.78 is 11.3. The second kappa shape index (κ2) is 9.84. The molecule has 0 bridgehead atoms. The highest BCUT2D eigenvalue weighted by atomic mass is 16.6. The zero-order valence-corrected chi connectivity index (χ0v) is 20.7. The summed E-state index contributed by atoms with van der Waals surface area (Å²) in [4.78, 5) is 41.3. The average molecular weight is 464 g/mol. The highest BCUT2D eigenvalue weighted by Crippen LogP contribution is 2.40. The zero-order chi connectivity index (χ0) is 25.1. The average Bonchev–Trinajstić information content (AvgIpc) is 3.11. The van der Waals surface area contributed by atoms with Gasteiger partial charge in [-0.1, -0.05) is 48.5 Å². The topological polar surface area (TPSA) is 72.9 Å². The third-order valence-corrected chi connectivity index (χ3v) is 5.18. The summed E-state index contributed by atoms with van der Waals surface area (Å²) in [5.41, 5.74) is 0.551. The van der Waals surface area contributed by atoms with Gasteiger partial charge in [0.1, 0.15) is 17.2 Å². The van der Waals surface area contributed by atoms with Crippen molar-refractivity contribution in [3.63, 3.8) is 0 Å². The van der Waals surface area contributed by atoms with Gasteiger partial charge in [0.05, 0.1) is 6.42 Å². The van der Waals surface area contributed by atoms with E-state index in [9.17, 15) is 14.4 Å². The summed E-state index contributed by atoms with van der Waals surface area (Å²) in [6.45, 7) is 10.7. The van der Waals surface area contributed by atoms with Crippen molar-refractivity contribution in [1.82, 2.24) is 4.90 Å². The van der Waals surface area contributed by atoms with Crippen LogP contribution in [0.1, 0.15) is 63.9 Å². The first-order valence-electron chi connectivity index (χ1n) is 11.5. The lowest BCUT2D eigenvalue weighted by molar-refractivity contribution is -0.162. The maximum atomic E-state index is 13.5. The molecule has 1 aliphatic rings. The molecule has 0 radical (unpaired) electrons. The van der Waals surface area contributed by atoms with Crippen molar-refractivity contribution in [3.8, 4) is 0 Å². The second-order valence-electron chi connectivity index (χ2n) is 10.4. The number of ether oxygens (including phenoxy) is 2. The molecule has 0 N–H and O–H groups in total. The lowest BCUT2D eigenvalue weighted by Crippen LogP contribution is -2.46. The molecule has 2 atom stereocenters. The molecule has 0 saturated heterocycles. The van der Waals surface area contributed by atoms with Crippen LogP contribution in [0.3, 0.4) is 0 Å². The van der Waals surface area contributed by atoms with Crippen LogP contribution in [0.4, 0.5) is 0 Å². The minimum absolute atomic E-state index is 0.0690. The summed E-state index contributed by atoms with van der Waals surface area (Å²) >= 11 is 0. The Morgan fingerprint density at radius 1 is 0.794 bits per heavy atom. The highest BCUT2D eigenvalue weighted by Gasteiger charge is 2.46. The first-order valence-corrected chi connectivity index (χ1v) is 11.5. The Kier molecular flexibility index (Phi) is 7.29. The molecule has 2 aromatic carbocycles. The summed E-state index contributed by atoms with van der Waals surface area (Å²) in [6.07, 6.45) is 1.61. The van der Waals surface area contributed by atoms with Crippen LogP contribution < -0.4 is 0 Å². The SMILES string of the molecule is CC(C)(C)OC(=O)C[C@H]1C(c2ccccc2)=CN(C(=O)c2ccccc2)[C@@H]1C(=O)OC(C)(C)C. The van der Waals surface area contributed by atoms with E-state index in [0.29, 0.717) is 11.1 Å². The molecular weight excluding hydrogens is 430 g/mol. The van der Waals surface area contributed by atoms with Crippen molar-refractivity contribution in [2.75, 3.05) is 0 Å². The predicted octanol–water partition coefficient (Wildman–Crippen LogP) is 5.24. The van der Waals surface area contributed by atoms with Gasteiger partial charge in [0.2, 0.25) is 0 Å². The van der Waals surface area contributed by atoms with Gasteiger partial charge in [0, 0.05) is 17.7 Å². The number of rotatable bonds is 5. The number of esters is 2. The normalized spacial score (nSPS) is 18.3. The van der Waals surface area contributed by atoms with Crippen molar-refractivity contribution >= 4 is 23.4 Å². The molecule has 1 amide bonds. The Balaban J connectivity index is 2.08. The van der Waals surface area contributed by atoms with Gasteiger partial charge in [-0.05, 0) is 64.8 Å². The van der Waals surface area contributed by atoms with Crippen LogP contribution >= 0.6 is 0 Å². The van der Waals surface area contributed by atoms with E-state index in [2.05, 4.69) is 0 Å². The smallest absolute Gasteiger partial charge is 0.330 e. The largest absolute Gasteiger partial charge is 0.460 e. The third kappa shape index (κ3) is 6.34. The molecule has 34 heavy (non-hydrogen) atoms. The van der Waals surface area contributed by atoms with Crippen LogP contribution in [0.25, 0.3) is 5.57 Å². The van der Waals surface area contributed by atoms with Crippen molar-refractivity contribution in [2.24, 2.45) is 5.92 Å². The molecule has 0 aromatic heterocycles. The molecule has 180 valence electrons. The molecule has 0 aliphatic carbocycles. The monoisotopic (exact) mass is 463 g/mol. The fraction of sp³-hybridized carbons (Fsp3) is 0.393. The second-order valence-corrected chi connectivity index (χ2v) is 10.4. The maximum Gasteiger partial charge on any atom is 0.330 e. The minimum Gasteiger partial charge on any atom is -0.460 e. The van der Waals surface area contributed by atoms with Gasteiger partial charge in [0.25, 0.3) is 5.91 Å². The summed E-state index contributed by atoms with van der Waals surface area (Å²) in [6, 6.07) is 17.2. The lowest BCUT2D eigenvalue weighted by Gasteiger charge is -2.31. The van der Waals surface area contributed by atoms with Gasteiger partial charge < -0.3 is 9.47 Å². The number of carbonyl (C=O) groups excluding carboxylic acids is 3. The molecule has 0 saturated carbocycles. The number of nitrogens with zero attached hydrogens (tertiary/aromatic N) is 1. The van der Waals surface area contributed by atoms with Crippen LogP contribution in [-0.4, -0.2) is 40.0 Å². The van der Waals surface area contributed by atoms with E-state index in [-0.39, 0.29) is 12.3 Å². The van der Waals surface area contributed by atoms with Crippen LogP contribution in [0.2, 0.25) is 0 Å². The molecule has 1 aliphatic heterocycles. The van der Waals surface area contributed by atoms with E-state index in [1.54, 1.807) is 72.0 Å². The van der Waals surface area contributed by atoms with E-state index in [4.69, 9.17) is 9.47 Å². The lowest BCUT2D eigenvalue weighted by atomic mass is 9.87. The number of carbonyl (C=O) groups is 3. The van der Waals surface area contributed by atoms with Gasteiger partial charge in [-0.15, -0.1) is 0 Å². The Morgan fingerprint density at radius 3 is 1.85 bits per heavy atom. The summed E-state index contributed by atoms with van der Waals surface area (Å²) in [5.74, 6) is -1.97. The molecule has 0 spiro atoms. The first kappa shape index (κ1) is 25.2. The summed E-state index contributed by atoms with van der Waals surface area (Å²) in [7, 11) is 0. The number of hydrogen-bond acceptors (Lipinski definition) is 5. The zero-order valence-electron chi connectivity index (χ0n) is 20.7. The van der Waals surface area contributed by atoms with Crippen molar-refractivity contribution in [3.05, 3.63) is 78.0 Å². The van der Waals surface area contributed by atoms with Crippen LogP contribution in [0, 0.1) is 5.92 Å². The number of hydrogen-bond donors (Lipinski definition) is 0. The van der Waals surface area contributed by atoms with E-state index in [0.717, 1.165) is 5.56 Å². The van der Waals surface area contributed by atoms with Gasteiger partial charge >= 0.3 is 11.9 Å². The van der Waals surface area contributed by atoms with E-state index in [1.807, 2.05) is 36.4 Å². The Morgan fingerprint density at radius 2 is 1.32 bits per heavy atom. The van der Waals surface area contributed by atoms with Crippen molar-refractivity contribution < 1.29 is 23.9 Å².